The van der Waals surface area contributed by atoms with Gasteiger partial charge in [0.25, 0.3) is 0 Å². The van der Waals surface area contributed by atoms with Gasteiger partial charge in [0.15, 0.2) is 0 Å². The van der Waals surface area contributed by atoms with Crippen LogP contribution in [0.1, 0.15) is 22.8 Å². The van der Waals surface area contributed by atoms with Crippen molar-refractivity contribution in [3.63, 3.8) is 0 Å². The molecular weight excluding hydrogens is 190 g/mol. The number of rotatable bonds is 3. The molecule has 0 fully saturated rings. The van der Waals surface area contributed by atoms with E-state index in [0.717, 1.165) is 11.3 Å². The van der Waals surface area contributed by atoms with Gasteiger partial charge in [0.2, 0.25) is 0 Å². The molecule has 0 unspecified atom stereocenters. The molecule has 3 heteroatoms. The van der Waals surface area contributed by atoms with Crippen LogP contribution in [0.15, 0.2) is 18.2 Å². The van der Waals surface area contributed by atoms with Crippen molar-refractivity contribution in [3.8, 4) is 0 Å². The van der Waals surface area contributed by atoms with Crippen molar-refractivity contribution >= 4 is 11.7 Å². The number of carbonyl (C=O) groups is 1. The summed E-state index contributed by atoms with van der Waals surface area (Å²) in [5.74, 6) is -0.263. The standard InChI is InChI=1S/C12H17NO2/c1-5-15-12(14)10-7-6-9(2)8-11(10)13(3)4/h6-8H,5H2,1-4H3. The monoisotopic (exact) mass is 207 g/mol. The second-order valence-corrected chi connectivity index (χ2v) is 3.64. The molecule has 0 aliphatic carbocycles. The molecule has 1 aromatic rings. The molecule has 0 saturated carbocycles. The van der Waals surface area contributed by atoms with Crippen molar-refractivity contribution in [1.29, 1.82) is 0 Å². The summed E-state index contributed by atoms with van der Waals surface area (Å²) in [6, 6.07) is 5.70. The van der Waals surface area contributed by atoms with E-state index in [9.17, 15) is 4.79 Å². The molecule has 0 atom stereocenters. The summed E-state index contributed by atoms with van der Waals surface area (Å²) in [7, 11) is 3.83. The largest absolute Gasteiger partial charge is 0.462 e. The second kappa shape index (κ2) is 4.82. The number of hydrogen-bond donors (Lipinski definition) is 0. The van der Waals surface area contributed by atoms with Crippen molar-refractivity contribution in [1.82, 2.24) is 0 Å². The van der Waals surface area contributed by atoms with Crippen LogP contribution in [0.2, 0.25) is 0 Å². The van der Waals surface area contributed by atoms with Gasteiger partial charge >= 0.3 is 5.97 Å². The van der Waals surface area contributed by atoms with E-state index >= 15 is 0 Å². The van der Waals surface area contributed by atoms with Crippen molar-refractivity contribution in [2.24, 2.45) is 0 Å². The van der Waals surface area contributed by atoms with E-state index in [4.69, 9.17) is 4.74 Å². The topological polar surface area (TPSA) is 29.5 Å². The van der Waals surface area contributed by atoms with Crippen LogP contribution in [-0.2, 0) is 4.74 Å². The SMILES string of the molecule is CCOC(=O)c1ccc(C)cc1N(C)C. The highest BCUT2D eigenvalue weighted by Gasteiger charge is 2.13. The quantitative estimate of drug-likeness (QED) is 0.712. The van der Waals surface area contributed by atoms with E-state index in [0.29, 0.717) is 12.2 Å². The maximum atomic E-state index is 11.6. The van der Waals surface area contributed by atoms with Gasteiger partial charge in [-0.1, -0.05) is 6.07 Å². The molecule has 1 aromatic carbocycles. The fourth-order valence-corrected chi connectivity index (χ4v) is 1.39. The highest BCUT2D eigenvalue weighted by atomic mass is 16.5. The first-order valence-electron chi connectivity index (χ1n) is 5.01. The number of ether oxygens (including phenoxy) is 1. The predicted molar refractivity (Wildman–Crippen MR) is 61.5 cm³/mol. The molecule has 82 valence electrons. The van der Waals surface area contributed by atoms with E-state index in [1.54, 1.807) is 6.92 Å². The van der Waals surface area contributed by atoms with Gasteiger partial charge in [-0.3, -0.25) is 0 Å². The van der Waals surface area contributed by atoms with Crippen LogP contribution < -0.4 is 4.90 Å². The Kier molecular flexibility index (Phi) is 3.72. The summed E-state index contributed by atoms with van der Waals surface area (Å²) in [5, 5.41) is 0. The summed E-state index contributed by atoms with van der Waals surface area (Å²) in [6.45, 7) is 4.21. The molecular formula is C12H17NO2. The maximum Gasteiger partial charge on any atom is 0.340 e. The van der Waals surface area contributed by atoms with Crippen molar-refractivity contribution < 1.29 is 9.53 Å². The van der Waals surface area contributed by atoms with Crippen molar-refractivity contribution in [2.45, 2.75) is 13.8 Å². The van der Waals surface area contributed by atoms with E-state index in [1.165, 1.54) is 0 Å². The fraction of sp³-hybridized carbons (Fsp3) is 0.417. The third-order valence-corrected chi connectivity index (χ3v) is 2.13. The first-order valence-corrected chi connectivity index (χ1v) is 5.01. The Labute approximate surface area is 90.7 Å². The number of nitrogens with zero attached hydrogens (tertiary/aromatic N) is 1. The van der Waals surface area contributed by atoms with Crippen molar-refractivity contribution in [3.05, 3.63) is 29.3 Å². The lowest BCUT2D eigenvalue weighted by Crippen LogP contribution is -2.15. The van der Waals surface area contributed by atoms with Crippen LogP contribution in [0, 0.1) is 6.92 Å². The first-order chi connectivity index (χ1) is 7.06. The Morgan fingerprint density at radius 1 is 1.40 bits per heavy atom. The molecule has 3 nitrogen and oxygen atoms in total. The summed E-state index contributed by atoms with van der Waals surface area (Å²) in [4.78, 5) is 13.5. The Morgan fingerprint density at radius 2 is 2.07 bits per heavy atom. The summed E-state index contributed by atoms with van der Waals surface area (Å²) in [6.07, 6.45) is 0. The Hall–Kier alpha value is -1.51. The molecule has 1 rings (SSSR count). The molecule has 0 aromatic heterocycles. The lowest BCUT2D eigenvalue weighted by atomic mass is 10.1. The summed E-state index contributed by atoms with van der Waals surface area (Å²) >= 11 is 0. The lowest BCUT2D eigenvalue weighted by molar-refractivity contribution is 0.0527. The zero-order valence-electron chi connectivity index (χ0n) is 9.70. The highest BCUT2D eigenvalue weighted by molar-refractivity contribution is 5.96. The second-order valence-electron chi connectivity index (χ2n) is 3.64. The van der Waals surface area contributed by atoms with Crippen LogP contribution in [0.4, 0.5) is 5.69 Å². The molecule has 0 radical (unpaired) electrons. The fourth-order valence-electron chi connectivity index (χ4n) is 1.39. The molecule has 0 spiro atoms. The van der Waals surface area contributed by atoms with Crippen LogP contribution in [0.5, 0.6) is 0 Å². The number of hydrogen-bond acceptors (Lipinski definition) is 3. The van der Waals surface area contributed by atoms with Gasteiger partial charge in [-0.15, -0.1) is 0 Å². The van der Waals surface area contributed by atoms with Crippen LogP contribution in [0.25, 0.3) is 0 Å². The van der Waals surface area contributed by atoms with E-state index in [-0.39, 0.29) is 5.97 Å². The lowest BCUT2D eigenvalue weighted by Gasteiger charge is -2.17. The predicted octanol–water partition coefficient (Wildman–Crippen LogP) is 2.24. The average Bonchev–Trinajstić information content (AvgIpc) is 2.17. The smallest absolute Gasteiger partial charge is 0.340 e. The molecule has 0 bridgehead atoms. The minimum atomic E-state index is -0.263. The third kappa shape index (κ3) is 2.72. The number of carbonyl (C=O) groups excluding carboxylic acids is 1. The van der Waals surface area contributed by atoms with Crippen LogP contribution in [-0.4, -0.2) is 26.7 Å². The molecule has 0 aliphatic rings. The molecule has 0 N–H and O–H groups in total. The van der Waals surface area contributed by atoms with Gasteiger partial charge in [-0.05, 0) is 31.5 Å². The highest BCUT2D eigenvalue weighted by Crippen LogP contribution is 2.21. The molecule has 15 heavy (non-hydrogen) atoms. The summed E-state index contributed by atoms with van der Waals surface area (Å²) < 4.78 is 4.99. The van der Waals surface area contributed by atoms with E-state index < -0.39 is 0 Å². The first kappa shape index (κ1) is 11.6. The number of aryl methyl sites for hydroxylation is 1. The van der Waals surface area contributed by atoms with Crippen molar-refractivity contribution in [2.75, 3.05) is 25.6 Å². The van der Waals surface area contributed by atoms with Gasteiger partial charge in [-0.25, -0.2) is 4.79 Å². The average molecular weight is 207 g/mol. The Morgan fingerprint density at radius 3 is 2.60 bits per heavy atom. The number of benzene rings is 1. The normalized spacial score (nSPS) is 9.87. The van der Waals surface area contributed by atoms with Gasteiger partial charge < -0.3 is 9.64 Å². The third-order valence-electron chi connectivity index (χ3n) is 2.13. The van der Waals surface area contributed by atoms with E-state index in [1.807, 2.05) is 44.1 Å². The van der Waals surface area contributed by atoms with Gasteiger partial charge in [0.05, 0.1) is 17.9 Å². The number of anilines is 1. The maximum absolute atomic E-state index is 11.6. The van der Waals surface area contributed by atoms with Gasteiger partial charge in [0, 0.05) is 14.1 Å². The minimum absolute atomic E-state index is 0.263. The van der Waals surface area contributed by atoms with E-state index in [2.05, 4.69) is 0 Å². The molecule has 0 heterocycles. The minimum Gasteiger partial charge on any atom is -0.462 e. The zero-order valence-corrected chi connectivity index (χ0v) is 9.70. The van der Waals surface area contributed by atoms with Crippen LogP contribution in [0.3, 0.4) is 0 Å². The molecule has 0 aliphatic heterocycles. The molecule has 0 amide bonds. The van der Waals surface area contributed by atoms with Crippen LogP contribution >= 0.6 is 0 Å². The molecule has 0 saturated heterocycles. The number of esters is 1. The Balaban J connectivity index is 3.11. The van der Waals surface area contributed by atoms with Gasteiger partial charge in [0.1, 0.15) is 0 Å². The summed E-state index contributed by atoms with van der Waals surface area (Å²) in [5.41, 5.74) is 2.65. The van der Waals surface area contributed by atoms with Gasteiger partial charge in [-0.2, -0.15) is 0 Å². The Bertz CT molecular complexity index is 359. The zero-order chi connectivity index (χ0) is 11.4.